The van der Waals surface area contributed by atoms with Gasteiger partial charge >= 0.3 is 0 Å². The molecule has 0 bridgehead atoms. The predicted octanol–water partition coefficient (Wildman–Crippen LogP) is 3.04. The highest BCUT2D eigenvalue weighted by molar-refractivity contribution is 7.92. The van der Waals surface area contributed by atoms with Crippen LogP contribution >= 0.6 is 0 Å². The second kappa shape index (κ2) is 12.4. The first-order valence-electron chi connectivity index (χ1n) is 11.3. The smallest absolute Gasteiger partial charge is 0.244 e. The fourth-order valence-corrected chi connectivity index (χ4v) is 4.41. The summed E-state index contributed by atoms with van der Waals surface area (Å²) in [6.45, 7) is 6.02. The Morgan fingerprint density at radius 3 is 2.21 bits per heavy atom. The summed E-state index contributed by atoms with van der Waals surface area (Å²) in [5.74, 6) is -0.154. The predicted molar refractivity (Wildman–Crippen MR) is 134 cm³/mol. The number of amides is 2. The van der Waals surface area contributed by atoms with Crippen molar-refractivity contribution >= 4 is 27.5 Å². The minimum Gasteiger partial charge on any atom is -0.495 e. The largest absolute Gasteiger partial charge is 0.495 e. The number of para-hydroxylation sites is 2. The average molecular weight is 490 g/mol. The zero-order chi connectivity index (χ0) is 25.3. The van der Waals surface area contributed by atoms with Gasteiger partial charge in [0.2, 0.25) is 21.8 Å². The van der Waals surface area contributed by atoms with E-state index in [2.05, 4.69) is 5.32 Å². The number of rotatable bonds is 12. The highest BCUT2D eigenvalue weighted by Gasteiger charge is 2.32. The monoisotopic (exact) mass is 489 g/mol. The molecule has 2 aromatic rings. The van der Waals surface area contributed by atoms with E-state index in [9.17, 15) is 18.0 Å². The Hall–Kier alpha value is -3.07. The number of nitrogens with zero attached hydrogens (tertiary/aromatic N) is 2. The van der Waals surface area contributed by atoms with Gasteiger partial charge in [0.05, 0.1) is 19.1 Å². The van der Waals surface area contributed by atoms with Gasteiger partial charge in [-0.1, -0.05) is 63.2 Å². The van der Waals surface area contributed by atoms with Gasteiger partial charge in [-0.2, -0.15) is 0 Å². The number of carbonyl (C=O) groups excluding carboxylic acids is 2. The zero-order valence-corrected chi connectivity index (χ0v) is 21.3. The van der Waals surface area contributed by atoms with E-state index in [0.717, 1.165) is 16.1 Å². The molecule has 2 aromatic carbocycles. The first-order chi connectivity index (χ1) is 16.1. The van der Waals surface area contributed by atoms with Crippen LogP contribution in [0.5, 0.6) is 5.75 Å². The molecule has 186 valence electrons. The summed E-state index contributed by atoms with van der Waals surface area (Å²) in [6, 6.07) is 15.2. The Bertz CT molecular complexity index is 1060. The second-order valence-electron chi connectivity index (χ2n) is 8.51. The number of benzene rings is 2. The first kappa shape index (κ1) is 27.2. The quantitative estimate of drug-likeness (QED) is 0.494. The molecule has 2 amide bonds. The third-order valence-electron chi connectivity index (χ3n) is 5.30. The fourth-order valence-electron chi connectivity index (χ4n) is 3.55. The number of hydrogen-bond acceptors (Lipinski definition) is 5. The van der Waals surface area contributed by atoms with Crippen molar-refractivity contribution in [2.45, 2.75) is 39.8 Å². The van der Waals surface area contributed by atoms with Gasteiger partial charge in [0.15, 0.2) is 0 Å². The van der Waals surface area contributed by atoms with Crippen LogP contribution in [0, 0.1) is 5.92 Å². The molecule has 8 nitrogen and oxygen atoms in total. The van der Waals surface area contributed by atoms with Crippen molar-refractivity contribution in [3.63, 3.8) is 0 Å². The second-order valence-corrected chi connectivity index (χ2v) is 10.4. The van der Waals surface area contributed by atoms with E-state index in [0.29, 0.717) is 18.7 Å². The van der Waals surface area contributed by atoms with E-state index < -0.39 is 28.5 Å². The topological polar surface area (TPSA) is 96.0 Å². The van der Waals surface area contributed by atoms with Crippen LogP contribution in [0.2, 0.25) is 0 Å². The summed E-state index contributed by atoms with van der Waals surface area (Å²) >= 11 is 0. The SMILES string of the molecule is CCC(C(=O)NCC(C)C)N(Cc1ccccc1)C(=O)CN(c1ccccc1OC)S(C)(=O)=O. The molecule has 34 heavy (non-hydrogen) atoms. The lowest BCUT2D eigenvalue weighted by atomic mass is 10.1. The van der Waals surface area contributed by atoms with Crippen LogP contribution in [0.15, 0.2) is 54.6 Å². The minimum absolute atomic E-state index is 0.177. The zero-order valence-electron chi connectivity index (χ0n) is 20.5. The molecular formula is C25H35N3O5S. The molecule has 0 fully saturated rings. The van der Waals surface area contributed by atoms with Crippen molar-refractivity contribution in [3.8, 4) is 5.75 Å². The lowest BCUT2D eigenvalue weighted by Gasteiger charge is -2.33. The highest BCUT2D eigenvalue weighted by Crippen LogP contribution is 2.29. The molecule has 0 aliphatic heterocycles. The molecule has 0 saturated heterocycles. The van der Waals surface area contributed by atoms with E-state index >= 15 is 0 Å². The molecule has 0 spiro atoms. The molecule has 0 aliphatic carbocycles. The highest BCUT2D eigenvalue weighted by atomic mass is 32.2. The maximum absolute atomic E-state index is 13.6. The van der Waals surface area contributed by atoms with Crippen LogP contribution in [0.4, 0.5) is 5.69 Å². The van der Waals surface area contributed by atoms with Crippen molar-refractivity contribution in [2.24, 2.45) is 5.92 Å². The molecule has 0 saturated carbocycles. The standard InChI is InChI=1S/C25H35N3O5S/c1-6-21(25(30)26-16-19(2)3)27(17-20-12-8-7-9-13-20)24(29)18-28(34(5,31)32)22-14-10-11-15-23(22)33-4/h7-15,19,21H,6,16-18H2,1-5H3,(H,26,30). The number of carbonyl (C=O) groups is 2. The summed E-state index contributed by atoms with van der Waals surface area (Å²) in [4.78, 5) is 28.1. The molecule has 1 atom stereocenters. The molecule has 2 rings (SSSR count). The number of nitrogens with one attached hydrogen (secondary N) is 1. The van der Waals surface area contributed by atoms with Crippen molar-refractivity contribution in [3.05, 3.63) is 60.2 Å². The lowest BCUT2D eigenvalue weighted by Crippen LogP contribution is -2.52. The van der Waals surface area contributed by atoms with E-state index in [-0.39, 0.29) is 24.1 Å². The molecule has 0 radical (unpaired) electrons. The van der Waals surface area contributed by atoms with Gasteiger partial charge in [0.1, 0.15) is 18.3 Å². The third-order valence-corrected chi connectivity index (χ3v) is 6.43. The molecule has 1 N–H and O–H groups in total. The molecule has 0 heterocycles. The van der Waals surface area contributed by atoms with Crippen LogP contribution < -0.4 is 14.4 Å². The Morgan fingerprint density at radius 2 is 1.65 bits per heavy atom. The molecule has 1 unspecified atom stereocenters. The Kier molecular flexibility index (Phi) is 9.92. The average Bonchev–Trinajstić information content (AvgIpc) is 2.80. The summed E-state index contributed by atoms with van der Waals surface area (Å²) in [7, 11) is -2.38. The fraction of sp³-hybridized carbons (Fsp3) is 0.440. The van der Waals surface area contributed by atoms with Gasteiger partial charge in [-0.3, -0.25) is 13.9 Å². The number of ether oxygens (including phenoxy) is 1. The first-order valence-corrected chi connectivity index (χ1v) is 13.1. The third kappa shape index (κ3) is 7.48. The van der Waals surface area contributed by atoms with Crippen LogP contribution in [-0.2, 0) is 26.2 Å². The summed E-state index contributed by atoms with van der Waals surface area (Å²) in [5, 5.41) is 2.90. The van der Waals surface area contributed by atoms with Crippen molar-refractivity contribution in [1.82, 2.24) is 10.2 Å². The van der Waals surface area contributed by atoms with E-state index in [1.807, 2.05) is 51.1 Å². The molecule has 0 aromatic heterocycles. The minimum atomic E-state index is -3.82. The van der Waals surface area contributed by atoms with Crippen molar-refractivity contribution < 1.29 is 22.7 Å². The van der Waals surface area contributed by atoms with Crippen molar-refractivity contribution in [2.75, 3.05) is 30.8 Å². The van der Waals surface area contributed by atoms with Gasteiger partial charge in [-0.15, -0.1) is 0 Å². The normalized spacial score (nSPS) is 12.2. The van der Waals surface area contributed by atoms with Gasteiger partial charge in [0, 0.05) is 13.1 Å². The van der Waals surface area contributed by atoms with Crippen LogP contribution in [0.3, 0.4) is 0 Å². The lowest BCUT2D eigenvalue weighted by molar-refractivity contribution is -0.140. The maximum atomic E-state index is 13.6. The summed E-state index contributed by atoms with van der Waals surface area (Å²) in [6.07, 6.45) is 1.43. The van der Waals surface area contributed by atoms with Gasteiger partial charge < -0.3 is 15.0 Å². The molecular weight excluding hydrogens is 454 g/mol. The number of anilines is 1. The van der Waals surface area contributed by atoms with Crippen LogP contribution in [0.25, 0.3) is 0 Å². The van der Waals surface area contributed by atoms with E-state index in [1.54, 1.807) is 24.3 Å². The van der Waals surface area contributed by atoms with Crippen LogP contribution in [-0.4, -0.2) is 57.6 Å². The molecule has 0 aliphatic rings. The van der Waals surface area contributed by atoms with E-state index in [1.165, 1.54) is 12.0 Å². The van der Waals surface area contributed by atoms with Gasteiger partial charge in [0.25, 0.3) is 0 Å². The van der Waals surface area contributed by atoms with Crippen molar-refractivity contribution in [1.29, 1.82) is 0 Å². The Morgan fingerprint density at radius 1 is 1.03 bits per heavy atom. The molecule has 9 heteroatoms. The van der Waals surface area contributed by atoms with Gasteiger partial charge in [-0.05, 0) is 30.0 Å². The van der Waals surface area contributed by atoms with E-state index in [4.69, 9.17) is 4.74 Å². The maximum Gasteiger partial charge on any atom is 0.244 e. The number of methoxy groups -OCH3 is 1. The van der Waals surface area contributed by atoms with Gasteiger partial charge in [-0.25, -0.2) is 8.42 Å². The summed E-state index contributed by atoms with van der Waals surface area (Å²) in [5.41, 5.74) is 1.10. The summed E-state index contributed by atoms with van der Waals surface area (Å²) < 4.78 is 31.7. The number of sulfonamides is 1. The Labute approximate surface area is 202 Å². The van der Waals surface area contributed by atoms with Crippen LogP contribution in [0.1, 0.15) is 32.8 Å². The Balaban J connectivity index is 2.43. The number of hydrogen-bond donors (Lipinski definition) is 1.